The van der Waals surface area contributed by atoms with Crippen LogP contribution in [0.2, 0.25) is 0 Å². The largest absolute Gasteiger partial charge is 0.399 e. The van der Waals surface area contributed by atoms with E-state index in [-0.39, 0.29) is 0 Å². The number of ether oxygens (including phenoxy) is 1. The molecule has 0 bridgehead atoms. The Labute approximate surface area is 126 Å². The first kappa shape index (κ1) is 14.4. The van der Waals surface area contributed by atoms with Crippen LogP contribution in [0.1, 0.15) is 45.4 Å². The van der Waals surface area contributed by atoms with E-state index in [0.29, 0.717) is 17.9 Å². The molecule has 1 aliphatic rings. The number of hydrogen-bond acceptors (Lipinski definition) is 3. The van der Waals surface area contributed by atoms with Gasteiger partial charge in [-0.1, -0.05) is 20.8 Å². The van der Waals surface area contributed by atoms with Gasteiger partial charge in [-0.15, -0.1) is 0 Å². The van der Waals surface area contributed by atoms with Gasteiger partial charge in [-0.2, -0.15) is 0 Å². The Morgan fingerprint density at radius 1 is 1.43 bits per heavy atom. The Kier molecular flexibility index (Phi) is 3.89. The summed E-state index contributed by atoms with van der Waals surface area (Å²) >= 11 is 0. The lowest BCUT2D eigenvalue weighted by atomic mass is 9.99. The molecule has 0 aliphatic carbocycles. The zero-order valence-electron chi connectivity index (χ0n) is 13.2. The fourth-order valence-electron chi connectivity index (χ4n) is 3.39. The summed E-state index contributed by atoms with van der Waals surface area (Å²) < 4.78 is 8.22. The molecule has 2 heterocycles. The average molecular weight is 287 g/mol. The molecular weight excluding hydrogens is 262 g/mol. The van der Waals surface area contributed by atoms with Crippen LogP contribution < -0.4 is 5.73 Å². The second-order valence-electron chi connectivity index (χ2n) is 6.35. The number of rotatable bonds is 4. The van der Waals surface area contributed by atoms with Crippen LogP contribution in [0.5, 0.6) is 0 Å². The smallest absolute Gasteiger partial charge is 0.112 e. The fourth-order valence-corrected chi connectivity index (χ4v) is 3.39. The quantitative estimate of drug-likeness (QED) is 0.875. The maximum atomic E-state index is 5.90. The van der Waals surface area contributed by atoms with E-state index in [1.54, 1.807) is 0 Å². The van der Waals surface area contributed by atoms with Crippen molar-refractivity contribution < 1.29 is 4.74 Å². The van der Waals surface area contributed by atoms with E-state index < -0.39 is 0 Å². The van der Waals surface area contributed by atoms with Gasteiger partial charge in [-0.05, 0) is 31.0 Å². The number of nitrogen functional groups attached to an aromatic ring is 1. The molecular formula is C17H25N3O. The fraction of sp³-hybridized carbons (Fsp3) is 0.588. The van der Waals surface area contributed by atoms with Gasteiger partial charge in [0.15, 0.2) is 0 Å². The molecule has 2 unspecified atom stereocenters. The van der Waals surface area contributed by atoms with Gasteiger partial charge in [0.2, 0.25) is 0 Å². The van der Waals surface area contributed by atoms with E-state index in [2.05, 4.69) is 31.4 Å². The molecule has 1 aliphatic heterocycles. The van der Waals surface area contributed by atoms with Crippen LogP contribution in [0.25, 0.3) is 11.0 Å². The Morgan fingerprint density at radius 3 is 2.95 bits per heavy atom. The van der Waals surface area contributed by atoms with Crippen molar-refractivity contribution in [1.29, 1.82) is 0 Å². The highest BCUT2D eigenvalue weighted by Gasteiger charge is 2.28. The van der Waals surface area contributed by atoms with Crippen molar-refractivity contribution in [2.45, 2.75) is 52.2 Å². The van der Waals surface area contributed by atoms with Gasteiger partial charge in [-0.25, -0.2) is 4.98 Å². The predicted molar refractivity (Wildman–Crippen MR) is 86.4 cm³/mol. The Bertz CT molecular complexity index is 632. The molecule has 4 heteroatoms. The maximum absolute atomic E-state index is 5.90. The first-order valence-electron chi connectivity index (χ1n) is 7.97. The van der Waals surface area contributed by atoms with Gasteiger partial charge in [0.25, 0.3) is 0 Å². The van der Waals surface area contributed by atoms with E-state index in [4.69, 9.17) is 15.5 Å². The molecule has 21 heavy (non-hydrogen) atoms. The summed E-state index contributed by atoms with van der Waals surface area (Å²) in [6.45, 7) is 8.48. The SMILES string of the molecule is CCC1OCCC1Cn1c(C(C)C)nc2cc(N)ccc21. The first-order valence-corrected chi connectivity index (χ1v) is 7.97. The zero-order chi connectivity index (χ0) is 15.0. The number of nitrogens with zero attached hydrogens (tertiary/aromatic N) is 2. The summed E-state index contributed by atoms with van der Waals surface area (Å²) in [4.78, 5) is 4.81. The number of anilines is 1. The van der Waals surface area contributed by atoms with E-state index in [0.717, 1.165) is 43.0 Å². The van der Waals surface area contributed by atoms with Crippen LogP contribution in [0.4, 0.5) is 5.69 Å². The van der Waals surface area contributed by atoms with E-state index >= 15 is 0 Å². The Hall–Kier alpha value is -1.55. The van der Waals surface area contributed by atoms with Crippen molar-refractivity contribution in [3.05, 3.63) is 24.0 Å². The summed E-state index contributed by atoms with van der Waals surface area (Å²) in [6, 6.07) is 6.04. The second kappa shape index (κ2) is 5.68. The van der Waals surface area contributed by atoms with Gasteiger partial charge in [-0.3, -0.25) is 0 Å². The zero-order valence-corrected chi connectivity index (χ0v) is 13.2. The van der Waals surface area contributed by atoms with Crippen molar-refractivity contribution in [2.75, 3.05) is 12.3 Å². The highest BCUT2D eigenvalue weighted by Crippen LogP contribution is 2.30. The van der Waals surface area contributed by atoms with Gasteiger partial charge < -0.3 is 15.0 Å². The third kappa shape index (κ3) is 2.64. The van der Waals surface area contributed by atoms with Crippen LogP contribution in [-0.4, -0.2) is 22.3 Å². The summed E-state index contributed by atoms with van der Waals surface area (Å²) in [7, 11) is 0. The molecule has 114 valence electrons. The highest BCUT2D eigenvalue weighted by molar-refractivity contribution is 5.79. The number of fused-ring (bicyclic) bond motifs is 1. The molecule has 1 saturated heterocycles. The van der Waals surface area contributed by atoms with Gasteiger partial charge in [0, 0.05) is 30.7 Å². The van der Waals surface area contributed by atoms with Gasteiger partial charge in [0.1, 0.15) is 5.82 Å². The first-order chi connectivity index (χ1) is 10.1. The lowest BCUT2D eigenvalue weighted by molar-refractivity contribution is 0.0835. The minimum atomic E-state index is 0.385. The summed E-state index contributed by atoms with van der Waals surface area (Å²) in [5.74, 6) is 2.14. The maximum Gasteiger partial charge on any atom is 0.112 e. The highest BCUT2D eigenvalue weighted by atomic mass is 16.5. The number of imidazole rings is 1. The van der Waals surface area contributed by atoms with Crippen molar-refractivity contribution in [3.63, 3.8) is 0 Å². The molecule has 0 amide bonds. The molecule has 1 aromatic heterocycles. The average Bonchev–Trinajstić information content (AvgIpc) is 3.03. The predicted octanol–water partition coefficient (Wildman–Crippen LogP) is 3.56. The van der Waals surface area contributed by atoms with Crippen molar-refractivity contribution in [1.82, 2.24) is 9.55 Å². The van der Waals surface area contributed by atoms with E-state index in [1.807, 2.05) is 12.1 Å². The van der Waals surface area contributed by atoms with Crippen LogP contribution in [0.15, 0.2) is 18.2 Å². The van der Waals surface area contributed by atoms with E-state index in [9.17, 15) is 0 Å². The number of benzene rings is 1. The molecule has 1 aromatic carbocycles. The number of aromatic nitrogens is 2. The van der Waals surface area contributed by atoms with Crippen LogP contribution in [0.3, 0.4) is 0 Å². The molecule has 4 nitrogen and oxygen atoms in total. The molecule has 2 N–H and O–H groups in total. The second-order valence-corrected chi connectivity index (χ2v) is 6.35. The van der Waals surface area contributed by atoms with Crippen molar-refractivity contribution in [2.24, 2.45) is 5.92 Å². The van der Waals surface area contributed by atoms with Gasteiger partial charge >= 0.3 is 0 Å². The Balaban J connectivity index is 2.01. The standard InChI is InChI=1S/C17H25N3O/c1-4-16-12(7-8-21-16)10-20-15-6-5-13(18)9-14(15)19-17(20)11(2)3/h5-6,9,11-12,16H,4,7-8,10,18H2,1-3H3. The third-order valence-electron chi connectivity index (χ3n) is 4.48. The topological polar surface area (TPSA) is 53.1 Å². The summed E-state index contributed by atoms with van der Waals surface area (Å²) in [6.07, 6.45) is 2.61. The number of nitrogens with two attached hydrogens (primary N) is 1. The van der Waals surface area contributed by atoms with E-state index in [1.165, 1.54) is 5.52 Å². The lowest BCUT2D eigenvalue weighted by Gasteiger charge is -2.20. The minimum Gasteiger partial charge on any atom is -0.399 e. The number of hydrogen-bond donors (Lipinski definition) is 1. The molecule has 0 radical (unpaired) electrons. The molecule has 0 spiro atoms. The van der Waals surface area contributed by atoms with Crippen molar-refractivity contribution >= 4 is 16.7 Å². The lowest BCUT2D eigenvalue weighted by Crippen LogP contribution is -2.21. The van der Waals surface area contributed by atoms with Crippen LogP contribution in [-0.2, 0) is 11.3 Å². The molecule has 1 fully saturated rings. The Morgan fingerprint density at radius 2 is 2.24 bits per heavy atom. The third-order valence-corrected chi connectivity index (χ3v) is 4.48. The minimum absolute atomic E-state index is 0.385. The molecule has 2 aromatic rings. The van der Waals surface area contributed by atoms with Crippen LogP contribution >= 0.6 is 0 Å². The molecule has 2 atom stereocenters. The molecule has 3 rings (SSSR count). The molecule has 0 saturated carbocycles. The van der Waals surface area contributed by atoms with Gasteiger partial charge in [0.05, 0.1) is 17.1 Å². The van der Waals surface area contributed by atoms with Crippen LogP contribution in [0, 0.1) is 5.92 Å². The van der Waals surface area contributed by atoms with Crippen molar-refractivity contribution in [3.8, 4) is 0 Å². The summed E-state index contributed by atoms with van der Waals surface area (Å²) in [5, 5.41) is 0. The monoisotopic (exact) mass is 287 g/mol. The normalized spacial score (nSPS) is 22.5. The summed E-state index contributed by atoms with van der Waals surface area (Å²) in [5.41, 5.74) is 8.87.